The number of likely N-dealkylation sites (tertiary alicyclic amines) is 1. The van der Waals surface area contributed by atoms with Crippen LogP contribution in [0.25, 0.3) is 11.3 Å². The van der Waals surface area contributed by atoms with Gasteiger partial charge in [-0.3, -0.25) is 9.69 Å². The third-order valence-electron chi connectivity index (χ3n) is 6.00. The molecule has 0 spiro atoms. The summed E-state index contributed by atoms with van der Waals surface area (Å²) in [6, 6.07) is 16.7. The molecule has 1 fully saturated rings. The lowest BCUT2D eigenvalue weighted by Crippen LogP contribution is -2.37. The zero-order valence-corrected chi connectivity index (χ0v) is 19.9. The largest absolute Gasteiger partial charge is 0.497 e. The number of nitrogens with one attached hydrogen (secondary N) is 1. The van der Waals surface area contributed by atoms with E-state index in [-0.39, 0.29) is 11.9 Å². The molecule has 0 radical (unpaired) electrons. The predicted molar refractivity (Wildman–Crippen MR) is 130 cm³/mol. The molecule has 1 aromatic heterocycles. The summed E-state index contributed by atoms with van der Waals surface area (Å²) in [4.78, 5) is 21.1. The van der Waals surface area contributed by atoms with Crippen LogP contribution < -0.4 is 10.1 Å². The molecule has 0 saturated carbocycles. The van der Waals surface area contributed by atoms with E-state index in [0.717, 1.165) is 40.0 Å². The molecule has 1 aliphatic rings. The molecule has 1 N–H and O–H groups in total. The molecule has 32 heavy (non-hydrogen) atoms. The van der Waals surface area contributed by atoms with E-state index in [0.29, 0.717) is 13.0 Å². The van der Waals surface area contributed by atoms with Gasteiger partial charge in [0.25, 0.3) is 0 Å². The molecule has 1 atom stereocenters. The van der Waals surface area contributed by atoms with E-state index in [4.69, 9.17) is 9.72 Å². The summed E-state index contributed by atoms with van der Waals surface area (Å²) in [5.41, 5.74) is 4.38. The predicted octanol–water partition coefficient (Wildman–Crippen LogP) is 4.93. The first-order valence-electron chi connectivity index (χ1n) is 11.2. The molecule has 0 bridgehead atoms. The average molecular weight is 450 g/mol. The highest BCUT2D eigenvalue weighted by atomic mass is 32.1. The van der Waals surface area contributed by atoms with Crippen LogP contribution in [0.4, 0.5) is 0 Å². The number of ether oxygens (including phenoxy) is 1. The van der Waals surface area contributed by atoms with Gasteiger partial charge in [-0.1, -0.05) is 42.0 Å². The number of rotatable bonds is 8. The summed E-state index contributed by atoms with van der Waals surface area (Å²) in [6.07, 6.45) is 2.75. The number of nitrogens with zero attached hydrogens (tertiary/aromatic N) is 2. The van der Waals surface area contributed by atoms with Crippen molar-refractivity contribution in [1.82, 2.24) is 15.2 Å². The SMILES string of the molecule is COc1cccc(C(CNC(=O)Cc2sc(C)nc2-c2ccc(C)cc2)N2CCCC2)c1. The van der Waals surface area contributed by atoms with Gasteiger partial charge in [0.1, 0.15) is 5.75 Å². The van der Waals surface area contributed by atoms with E-state index >= 15 is 0 Å². The van der Waals surface area contributed by atoms with Crippen LogP contribution in [-0.2, 0) is 11.2 Å². The fraction of sp³-hybridized carbons (Fsp3) is 0.385. The molecular formula is C26H31N3O2S. The highest BCUT2D eigenvalue weighted by Crippen LogP contribution is 2.30. The Bertz CT molecular complexity index is 1060. The first-order chi connectivity index (χ1) is 15.5. The fourth-order valence-electron chi connectivity index (χ4n) is 4.30. The Hall–Kier alpha value is -2.70. The van der Waals surface area contributed by atoms with Gasteiger partial charge in [0.15, 0.2) is 0 Å². The first kappa shape index (κ1) is 22.5. The van der Waals surface area contributed by atoms with Crippen molar-refractivity contribution in [2.75, 3.05) is 26.7 Å². The van der Waals surface area contributed by atoms with Gasteiger partial charge >= 0.3 is 0 Å². The normalized spacial score (nSPS) is 15.0. The number of amides is 1. The van der Waals surface area contributed by atoms with Gasteiger partial charge in [-0.25, -0.2) is 4.98 Å². The van der Waals surface area contributed by atoms with Crippen LogP contribution in [0.3, 0.4) is 0 Å². The smallest absolute Gasteiger partial charge is 0.225 e. The third-order valence-corrected chi connectivity index (χ3v) is 6.97. The molecule has 2 aromatic carbocycles. The molecule has 1 aliphatic heterocycles. The highest BCUT2D eigenvalue weighted by molar-refractivity contribution is 7.12. The lowest BCUT2D eigenvalue weighted by atomic mass is 10.0. The quantitative estimate of drug-likeness (QED) is 0.530. The zero-order chi connectivity index (χ0) is 22.5. The van der Waals surface area contributed by atoms with Gasteiger partial charge in [0.2, 0.25) is 5.91 Å². The number of methoxy groups -OCH3 is 1. The Morgan fingerprint density at radius 2 is 1.91 bits per heavy atom. The Morgan fingerprint density at radius 1 is 1.16 bits per heavy atom. The van der Waals surface area contributed by atoms with Gasteiger partial charge in [0.05, 0.1) is 30.3 Å². The molecule has 6 heteroatoms. The molecule has 168 valence electrons. The van der Waals surface area contributed by atoms with Crippen molar-refractivity contribution in [1.29, 1.82) is 0 Å². The van der Waals surface area contributed by atoms with Crippen LogP contribution in [-0.4, -0.2) is 42.5 Å². The maximum atomic E-state index is 13.0. The zero-order valence-electron chi connectivity index (χ0n) is 19.1. The summed E-state index contributed by atoms with van der Waals surface area (Å²) in [5.74, 6) is 0.884. The minimum atomic E-state index is 0.0362. The lowest BCUT2D eigenvalue weighted by molar-refractivity contribution is -0.120. The summed E-state index contributed by atoms with van der Waals surface area (Å²) in [5, 5.41) is 4.18. The van der Waals surface area contributed by atoms with Crippen molar-refractivity contribution < 1.29 is 9.53 Å². The second-order valence-corrected chi connectivity index (χ2v) is 9.67. The molecule has 1 unspecified atom stereocenters. The van der Waals surface area contributed by atoms with E-state index in [1.165, 1.54) is 24.0 Å². The Morgan fingerprint density at radius 3 is 2.62 bits per heavy atom. The van der Waals surface area contributed by atoms with Crippen LogP contribution in [0.2, 0.25) is 0 Å². The van der Waals surface area contributed by atoms with Crippen LogP contribution in [0.5, 0.6) is 5.75 Å². The fourth-order valence-corrected chi connectivity index (χ4v) is 5.26. The summed E-state index contributed by atoms with van der Waals surface area (Å²) in [7, 11) is 1.69. The Kier molecular flexibility index (Phi) is 7.22. The van der Waals surface area contributed by atoms with Crippen LogP contribution >= 0.6 is 11.3 Å². The topological polar surface area (TPSA) is 54.5 Å². The number of thiazole rings is 1. The summed E-state index contributed by atoms with van der Waals surface area (Å²) in [6.45, 7) is 6.77. The molecular weight excluding hydrogens is 418 g/mol. The van der Waals surface area contributed by atoms with Gasteiger partial charge < -0.3 is 10.1 Å². The van der Waals surface area contributed by atoms with E-state index in [9.17, 15) is 4.79 Å². The Labute approximate surface area is 194 Å². The Balaban J connectivity index is 1.47. The second-order valence-electron chi connectivity index (χ2n) is 8.39. The van der Waals surface area contributed by atoms with Crippen molar-refractivity contribution in [3.63, 3.8) is 0 Å². The molecule has 5 nitrogen and oxygen atoms in total. The number of carbonyl (C=O) groups excluding carboxylic acids is 1. The maximum absolute atomic E-state index is 13.0. The van der Waals surface area contributed by atoms with E-state index in [2.05, 4.69) is 53.5 Å². The number of hydrogen-bond acceptors (Lipinski definition) is 5. The van der Waals surface area contributed by atoms with E-state index in [1.807, 2.05) is 19.1 Å². The molecule has 2 heterocycles. The number of aryl methyl sites for hydroxylation is 2. The van der Waals surface area contributed by atoms with Crippen molar-refractivity contribution in [3.05, 3.63) is 69.5 Å². The standard InChI is InChI=1S/C26H31N3O2S/c1-18-9-11-20(12-10-18)26-24(32-19(2)28-26)16-25(30)27-17-23(29-13-4-5-14-29)21-7-6-8-22(15-21)31-3/h6-12,15,23H,4-5,13-14,16-17H2,1-3H3,(H,27,30). The van der Waals surface area contributed by atoms with Crippen LogP contribution in [0.15, 0.2) is 48.5 Å². The third kappa shape index (κ3) is 5.37. The van der Waals surface area contributed by atoms with Crippen molar-refractivity contribution in [2.24, 2.45) is 0 Å². The van der Waals surface area contributed by atoms with Crippen molar-refractivity contribution >= 4 is 17.2 Å². The number of hydrogen-bond donors (Lipinski definition) is 1. The van der Waals surface area contributed by atoms with E-state index in [1.54, 1.807) is 18.4 Å². The minimum absolute atomic E-state index is 0.0362. The monoisotopic (exact) mass is 449 g/mol. The van der Waals surface area contributed by atoms with Gasteiger partial charge in [-0.05, 0) is 57.5 Å². The lowest BCUT2D eigenvalue weighted by Gasteiger charge is -2.28. The average Bonchev–Trinajstić information content (AvgIpc) is 3.45. The molecule has 1 amide bonds. The molecule has 3 aromatic rings. The highest BCUT2D eigenvalue weighted by Gasteiger charge is 2.25. The molecule has 0 aliphatic carbocycles. The minimum Gasteiger partial charge on any atom is -0.497 e. The molecule has 1 saturated heterocycles. The van der Waals surface area contributed by atoms with Gasteiger partial charge in [-0.2, -0.15) is 0 Å². The summed E-state index contributed by atoms with van der Waals surface area (Å²) < 4.78 is 5.43. The van der Waals surface area contributed by atoms with Crippen molar-refractivity contribution in [2.45, 2.75) is 39.2 Å². The van der Waals surface area contributed by atoms with Gasteiger partial charge in [0, 0.05) is 17.0 Å². The number of carbonyl (C=O) groups is 1. The number of aromatic nitrogens is 1. The van der Waals surface area contributed by atoms with Crippen LogP contribution in [0, 0.1) is 13.8 Å². The molecule has 4 rings (SSSR count). The summed E-state index contributed by atoms with van der Waals surface area (Å²) >= 11 is 1.60. The van der Waals surface area contributed by atoms with Gasteiger partial charge in [-0.15, -0.1) is 11.3 Å². The van der Waals surface area contributed by atoms with Crippen LogP contribution in [0.1, 0.15) is 39.9 Å². The first-order valence-corrected chi connectivity index (χ1v) is 12.0. The number of benzene rings is 2. The maximum Gasteiger partial charge on any atom is 0.225 e. The second kappa shape index (κ2) is 10.3. The van der Waals surface area contributed by atoms with E-state index < -0.39 is 0 Å². The van der Waals surface area contributed by atoms with Crippen molar-refractivity contribution in [3.8, 4) is 17.0 Å².